The first-order valence-corrected chi connectivity index (χ1v) is 26.1. The van der Waals surface area contributed by atoms with Crippen LogP contribution in [-0.2, 0) is 55.1 Å². The Kier molecular flexibility index (Phi) is 17.7. The van der Waals surface area contributed by atoms with Gasteiger partial charge in [0.25, 0.3) is 0 Å². The molecule has 0 aliphatic heterocycles. The Hall–Kier alpha value is -6.36. The molecule has 3 nitrogen and oxygen atoms in total. The Balaban J connectivity index is 1.16. The standard InChI is InChI=1S/C68H75NO2/c1-66(52-70,60(44-40-54-24-10-4-11-25-54)45-41-55-26-12-5-13-27-55)64-38-22-32-58(48-64)50-69(68(3,62-34-18-8-19-35-62)63-36-20-9-21-37-63)51-59-33-23-39-65(49-59)67(2,53-71)61(46-42-56-28-14-6-15-29-56)47-43-57-30-16-7-17-31-57/h4-39,48-49,60-61,70-71H,40-47,50-53H2,1-3H3. The summed E-state index contributed by atoms with van der Waals surface area (Å²) in [7, 11) is 0. The zero-order valence-corrected chi connectivity index (χ0v) is 42.4. The van der Waals surface area contributed by atoms with Gasteiger partial charge < -0.3 is 10.2 Å². The molecule has 0 aliphatic rings. The van der Waals surface area contributed by atoms with Crippen molar-refractivity contribution in [2.75, 3.05) is 13.2 Å². The molecule has 2 N–H and O–H groups in total. The number of aryl methyl sites for hydroxylation is 4. The summed E-state index contributed by atoms with van der Waals surface area (Å²) in [6.45, 7) is 8.44. The van der Waals surface area contributed by atoms with Gasteiger partial charge in [-0.1, -0.05) is 244 Å². The van der Waals surface area contributed by atoms with Crippen molar-refractivity contribution in [3.63, 3.8) is 0 Å². The number of nitrogens with zero attached hydrogens (tertiary/aromatic N) is 1. The molecule has 8 rings (SSSR count). The Morgan fingerprint density at radius 1 is 0.324 bits per heavy atom. The monoisotopic (exact) mass is 938 g/mol. The summed E-state index contributed by atoms with van der Waals surface area (Å²) in [5.74, 6) is 0.483. The highest BCUT2D eigenvalue weighted by atomic mass is 16.3. The minimum Gasteiger partial charge on any atom is -0.395 e. The summed E-state index contributed by atoms with van der Waals surface area (Å²) in [6.07, 6.45) is 7.77. The zero-order valence-electron chi connectivity index (χ0n) is 42.4. The van der Waals surface area contributed by atoms with E-state index in [0.717, 1.165) is 51.4 Å². The van der Waals surface area contributed by atoms with E-state index in [1.165, 1.54) is 55.6 Å². The van der Waals surface area contributed by atoms with Crippen LogP contribution in [0.1, 0.15) is 102 Å². The molecule has 2 atom stereocenters. The van der Waals surface area contributed by atoms with Crippen LogP contribution in [0.15, 0.2) is 231 Å². The largest absolute Gasteiger partial charge is 0.395 e. The van der Waals surface area contributed by atoms with Gasteiger partial charge in [0.15, 0.2) is 0 Å². The van der Waals surface area contributed by atoms with Crippen LogP contribution in [0.5, 0.6) is 0 Å². The second-order valence-corrected chi connectivity index (χ2v) is 20.7. The molecular formula is C68H75NO2. The van der Waals surface area contributed by atoms with Gasteiger partial charge >= 0.3 is 0 Å². The van der Waals surface area contributed by atoms with Gasteiger partial charge in [0.2, 0.25) is 0 Å². The van der Waals surface area contributed by atoms with Crippen molar-refractivity contribution in [2.45, 2.75) is 102 Å². The van der Waals surface area contributed by atoms with Crippen LogP contribution in [0.2, 0.25) is 0 Å². The predicted molar refractivity (Wildman–Crippen MR) is 296 cm³/mol. The predicted octanol–water partition coefficient (Wildman–Crippen LogP) is 14.9. The SMILES string of the molecule is CC(CO)(c1cccc(CN(Cc2cccc(C(C)(CO)C(CCc3ccccc3)CCc3ccccc3)c2)C(C)(c2ccccc2)c2ccccc2)c1)C(CCc1ccccc1)CCc1ccccc1. The molecule has 0 bridgehead atoms. The molecule has 8 aromatic rings. The third kappa shape index (κ3) is 12.8. The molecule has 0 amide bonds. The topological polar surface area (TPSA) is 43.7 Å². The molecule has 2 unspecified atom stereocenters. The van der Waals surface area contributed by atoms with E-state index in [9.17, 15) is 10.2 Å². The minimum absolute atomic E-state index is 0.0638. The van der Waals surface area contributed by atoms with E-state index >= 15 is 0 Å². The molecule has 0 spiro atoms. The summed E-state index contributed by atoms with van der Waals surface area (Å²) in [5, 5.41) is 23.2. The highest BCUT2D eigenvalue weighted by Crippen LogP contribution is 2.43. The molecule has 71 heavy (non-hydrogen) atoms. The summed E-state index contributed by atoms with van der Waals surface area (Å²) in [5.41, 5.74) is 11.1. The maximum atomic E-state index is 11.6. The molecule has 0 fully saturated rings. The minimum atomic E-state index is -0.517. The van der Waals surface area contributed by atoms with Crippen LogP contribution in [0.4, 0.5) is 0 Å². The van der Waals surface area contributed by atoms with E-state index in [0.29, 0.717) is 13.1 Å². The number of benzene rings is 8. The van der Waals surface area contributed by atoms with Crippen LogP contribution in [0.25, 0.3) is 0 Å². The molecule has 364 valence electrons. The van der Waals surface area contributed by atoms with Gasteiger partial charge in [-0.25, -0.2) is 0 Å². The second-order valence-electron chi connectivity index (χ2n) is 20.7. The Morgan fingerprint density at radius 3 is 0.859 bits per heavy atom. The third-order valence-corrected chi connectivity index (χ3v) is 16.2. The van der Waals surface area contributed by atoms with Crippen molar-refractivity contribution in [1.82, 2.24) is 4.90 Å². The van der Waals surface area contributed by atoms with Gasteiger partial charge in [0.05, 0.1) is 18.8 Å². The highest BCUT2D eigenvalue weighted by Gasteiger charge is 2.39. The van der Waals surface area contributed by atoms with Crippen LogP contribution in [0.3, 0.4) is 0 Å². The van der Waals surface area contributed by atoms with Gasteiger partial charge in [0, 0.05) is 23.9 Å². The van der Waals surface area contributed by atoms with Gasteiger partial charge in [-0.3, -0.25) is 4.90 Å². The van der Waals surface area contributed by atoms with E-state index in [1.54, 1.807) is 0 Å². The number of aliphatic hydroxyl groups is 2. The van der Waals surface area contributed by atoms with Crippen molar-refractivity contribution in [1.29, 1.82) is 0 Å². The molecule has 0 radical (unpaired) electrons. The number of aliphatic hydroxyl groups excluding tert-OH is 2. The van der Waals surface area contributed by atoms with E-state index in [4.69, 9.17) is 0 Å². The van der Waals surface area contributed by atoms with Gasteiger partial charge in [-0.2, -0.15) is 0 Å². The number of hydrogen-bond donors (Lipinski definition) is 2. The van der Waals surface area contributed by atoms with Crippen molar-refractivity contribution in [3.8, 4) is 0 Å². The Morgan fingerprint density at radius 2 is 0.577 bits per heavy atom. The molecule has 8 aromatic carbocycles. The normalized spacial score (nSPS) is 13.6. The van der Waals surface area contributed by atoms with Crippen LogP contribution in [0, 0.1) is 11.8 Å². The molecule has 3 heteroatoms. The number of hydrogen-bond acceptors (Lipinski definition) is 3. The van der Waals surface area contributed by atoms with Crippen molar-refractivity contribution >= 4 is 0 Å². The average Bonchev–Trinajstić information content (AvgIpc) is 3.44. The van der Waals surface area contributed by atoms with Gasteiger partial charge in [0.1, 0.15) is 0 Å². The van der Waals surface area contributed by atoms with E-state index in [-0.39, 0.29) is 25.0 Å². The fraction of sp³-hybridized carbons (Fsp3) is 0.294. The zero-order chi connectivity index (χ0) is 49.4. The van der Waals surface area contributed by atoms with E-state index in [2.05, 4.69) is 256 Å². The van der Waals surface area contributed by atoms with Crippen molar-refractivity contribution in [2.24, 2.45) is 11.8 Å². The summed E-state index contributed by atoms with van der Waals surface area (Å²) in [6, 6.07) is 83.4. The second kappa shape index (κ2) is 24.7. The molecule has 0 aliphatic carbocycles. The van der Waals surface area contributed by atoms with E-state index < -0.39 is 16.4 Å². The lowest BCUT2D eigenvalue weighted by Crippen LogP contribution is -2.44. The maximum Gasteiger partial charge on any atom is 0.0692 e. The first-order valence-electron chi connectivity index (χ1n) is 26.1. The first-order chi connectivity index (χ1) is 34.7. The molecular weight excluding hydrogens is 863 g/mol. The van der Waals surface area contributed by atoms with Crippen molar-refractivity contribution in [3.05, 3.63) is 286 Å². The van der Waals surface area contributed by atoms with Crippen LogP contribution < -0.4 is 0 Å². The lowest BCUT2D eigenvalue weighted by molar-refractivity contribution is 0.118. The first kappa shape index (κ1) is 51.0. The molecule has 0 saturated carbocycles. The quantitative estimate of drug-likeness (QED) is 0.0600. The summed E-state index contributed by atoms with van der Waals surface area (Å²) >= 11 is 0. The lowest BCUT2D eigenvalue weighted by Gasteiger charge is -2.43. The van der Waals surface area contributed by atoms with Crippen LogP contribution in [-0.4, -0.2) is 28.3 Å². The molecule has 0 saturated heterocycles. The third-order valence-electron chi connectivity index (χ3n) is 16.2. The average molecular weight is 938 g/mol. The van der Waals surface area contributed by atoms with Crippen LogP contribution >= 0.6 is 0 Å². The number of rotatable bonds is 25. The molecule has 0 heterocycles. The summed E-state index contributed by atoms with van der Waals surface area (Å²) in [4.78, 5) is 2.65. The fourth-order valence-corrected chi connectivity index (χ4v) is 11.3. The Labute approximate surface area is 425 Å². The fourth-order valence-electron chi connectivity index (χ4n) is 11.3. The smallest absolute Gasteiger partial charge is 0.0692 e. The molecule has 0 aromatic heterocycles. The Bertz CT molecular complexity index is 2500. The lowest BCUT2D eigenvalue weighted by atomic mass is 9.68. The van der Waals surface area contributed by atoms with Gasteiger partial charge in [-0.05, 0) is 126 Å². The van der Waals surface area contributed by atoms with E-state index in [1.807, 2.05) is 0 Å². The maximum absolute atomic E-state index is 11.6. The highest BCUT2D eigenvalue weighted by molar-refractivity contribution is 5.40. The summed E-state index contributed by atoms with van der Waals surface area (Å²) < 4.78 is 0. The van der Waals surface area contributed by atoms with Crippen molar-refractivity contribution < 1.29 is 10.2 Å². The van der Waals surface area contributed by atoms with Gasteiger partial charge in [-0.15, -0.1) is 0 Å².